The lowest BCUT2D eigenvalue weighted by Gasteiger charge is -2.31. The van der Waals surface area contributed by atoms with Gasteiger partial charge in [-0.05, 0) is 18.8 Å². The Balaban J connectivity index is 0.00000162. The molecule has 0 aromatic carbocycles. The van der Waals surface area contributed by atoms with Crippen LogP contribution in [0.2, 0.25) is 0 Å². The van der Waals surface area contributed by atoms with Gasteiger partial charge in [0.1, 0.15) is 0 Å². The Bertz CT molecular complexity index is 402. The van der Waals surface area contributed by atoms with E-state index in [0.29, 0.717) is 18.4 Å². The smallest absolute Gasteiger partial charge is 0.191 e. The van der Waals surface area contributed by atoms with E-state index >= 15 is 0 Å². The van der Waals surface area contributed by atoms with Gasteiger partial charge in [0.05, 0.1) is 18.4 Å². The molecule has 102 valence electrons. The van der Waals surface area contributed by atoms with Gasteiger partial charge in [0.25, 0.3) is 0 Å². The summed E-state index contributed by atoms with van der Waals surface area (Å²) in [5.41, 5.74) is 6.97. The molecule has 18 heavy (non-hydrogen) atoms. The van der Waals surface area contributed by atoms with Crippen LogP contribution < -0.4 is 5.73 Å². The minimum atomic E-state index is 0. The second kappa shape index (κ2) is 6.91. The molecule has 1 aromatic heterocycles. The molecule has 2 rings (SSSR count). The van der Waals surface area contributed by atoms with Crippen molar-refractivity contribution in [2.45, 2.75) is 26.3 Å². The minimum absolute atomic E-state index is 0. The Labute approximate surface area is 125 Å². The van der Waals surface area contributed by atoms with Crippen molar-refractivity contribution < 1.29 is 0 Å². The Morgan fingerprint density at radius 2 is 2.39 bits per heavy atom. The van der Waals surface area contributed by atoms with Gasteiger partial charge in [0, 0.05) is 20.1 Å². The molecule has 6 nitrogen and oxygen atoms in total. The minimum Gasteiger partial charge on any atom is -0.370 e. The highest BCUT2D eigenvalue weighted by atomic mass is 127. The Morgan fingerprint density at radius 3 is 3.00 bits per heavy atom. The van der Waals surface area contributed by atoms with E-state index in [2.05, 4.69) is 27.1 Å². The van der Waals surface area contributed by atoms with Crippen LogP contribution in [0, 0.1) is 5.92 Å². The molecule has 0 aliphatic carbocycles. The largest absolute Gasteiger partial charge is 0.370 e. The lowest BCUT2D eigenvalue weighted by molar-refractivity contribution is 0.270. The lowest BCUT2D eigenvalue weighted by Crippen LogP contribution is -2.43. The van der Waals surface area contributed by atoms with Crippen LogP contribution in [0.25, 0.3) is 0 Å². The number of hydrogen-bond donors (Lipinski definition) is 1. The van der Waals surface area contributed by atoms with Gasteiger partial charge < -0.3 is 10.6 Å². The molecule has 1 aliphatic rings. The summed E-state index contributed by atoms with van der Waals surface area (Å²) in [5, 5.41) is 7.68. The Kier molecular flexibility index (Phi) is 5.83. The van der Waals surface area contributed by atoms with Gasteiger partial charge in [-0.2, -0.15) is 0 Å². The normalized spacial score (nSPS) is 20.7. The third kappa shape index (κ3) is 3.82. The summed E-state index contributed by atoms with van der Waals surface area (Å²) in [6, 6.07) is 0. The number of nitrogens with two attached hydrogens (primary N) is 1. The molecule has 0 radical (unpaired) electrons. The molecule has 2 heterocycles. The van der Waals surface area contributed by atoms with Crippen molar-refractivity contribution in [3.63, 3.8) is 0 Å². The van der Waals surface area contributed by atoms with Gasteiger partial charge in [0.2, 0.25) is 0 Å². The molecular formula is C11H21IN6. The predicted molar refractivity (Wildman–Crippen MR) is 81.7 cm³/mol. The van der Waals surface area contributed by atoms with E-state index < -0.39 is 0 Å². The monoisotopic (exact) mass is 364 g/mol. The molecule has 2 N–H and O–H groups in total. The van der Waals surface area contributed by atoms with Crippen LogP contribution in [-0.2, 0) is 13.6 Å². The zero-order valence-corrected chi connectivity index (χ0v) is 13.2. The number of aromatic nitrogens is 3. The molecule has 7 heteroatoms. The molecule has 1 unspecified atom stereocenters. The number of rotatable bonds is 2. The highest BCUT2D eigenvalue weighted by molar-refractivity contribution is 14.0. The first-order chi connectivity index (χ1) is 8.16. The summed E-state index contributed by atoms with van der Waals surface area (Å²) < 4.78 is 1.72. The second-order valence-electron chi connectivity index (χ2n) is 4.72. The van der Waals surface area contributed by atoms with E-state index in [0.717, 1.165) is 18.8 Å². The summed E-state index contributed by atoms with van der Waals surface area (Å²) >= 11 is 0. The van der Waals surface area contributed by atoms with E-state index in [4.69, 9.17) is 5.73 Å². The van der Waals surface area contributed by atoms with Gasteiger partial charge in [-0.15, -0.1) is 29.1 Å². The molecule has 0 bridgehead atoms. The lowest BCUT2D eigenvalue weighted by atomic mass is 10.0. The van der Waals surface area contributed by atoms with Crippen LogP contribution in [0.3, 0.4) is 0 Å². The number of piperidine rings is 1. The molecule has 0 spiro atoms. The first kappa shape index (κ1) is 15.2. The van der Waals surface area contributed by atoms with Gasteiger partial charge in [-0.1, -0.05) is 12.1 Å². The maximum atomic E-state index is 6.00. The number of aliphatic imine (C=N–C) groups is 1. The van der Waals surface area contributed by atoms with Crippen LogP contribution in [0.15, 0.2) is 11.2 Å². The Hall–Kier alpha value is -0.860. The number of likely N-dealkylation sites (tertiary alicyclic amines) is 1. The number of halogens is 1. The van der Waals surface area contributed by atoms with E-state index in [1.165, 1.54) is 12.8 Å². The number of nitrogens with zero attached hydrogens (tertiary/aromatic N) is 5. The maximum absolute atomic E-state index is 6.00. The number of aryl methyl sites for hydroxylation is 1. The fourth-order valence-corrected chi connectivity index (χ4v) is 2.11. The summed E-state index contributed by atoms with van der Waals surface area (Å²) in [5.74, 6) is 1.34. The Morgan fingerprint density at radius 1 is 1.61 bits per heavy atom. The van der Waals surface area contributed by atoms with Crippen LogP contribution >= 0.6 is 24.0 Å². The average Bonchev–Trinajstić information content (AvgIpc) is 2.72. The van der Waals surface area contributed by atoms with Crippen LogP contribution in [0.4, 0.5) is 0 Å². The highest BCUT2D eigenvalue weighted by Gasteiger charge is 2.17. The maximum Gasteiger partial charge on any atom is 0.191 e. The van der Waals surface area contributed by atoms with Crippen LogP contribution in [0.1, 0.15) is 25.5 Å². The van der Waals surface area contributed by atoms with Crippen molar-refractivity contribution in [3.8, 4) is 0 Å². The van der Waals surface area contributed by atoms with Crippen molar-refractivity contribution in [1.82, 2.24) is 19.9 Å². The quantitative estimate of drug-likeness (QED) is 0.483. The fourth-order valence-electron chi connectivity index (χ4n) is 2.11. The van der Waals surface area contributed by atoms with Gasteiger partial charge >= 0.3 is 0 Å². The predicted octanol–water partition coefficient (Wildman–Crippen LogP) is 0.980. The molecule has 0 saturated carbocycles. The van der Waals surface area contributed by atoms with Gasteiger partial charge in [-0.3, -0.25) is 4.68 Å². The van der Waals surface area contributed by atoms with Gasteiger partial charge in [0.15, 0.2) is 5.96 Å². The number of hydrogen-bond acceptors (Lipinski definition) is 3. The van der Waals surface area contributed by atoms with E-state index in [9.17, 15) is 0 Å². The van der Waals surface area contributed by atoms with Crippen molar-refractivity contribution in [3.05, 3.63) is 11.9 Å². The molecule has 1 aromatic rings. The zero-order chi connectivity index (χ0) is 12.3. The third-order valence-corrected chi connectivity index (χ3v) is 3.19. The summed E-state index contributed by atoms with van der Waals surface area (Å²) in [4.78, 5) is 6.57. The van der Waals surface area contributed by atoms with Crippen LogP contribution in [0.5, 0.6) is 0 Å². The first-order valence-corrected chi connectivity index (χ1v) is 6.05. The molecule has 1 fully saturated rings. The van der Waals surface area contributed by atoms with Crippen LogP contribution in [-0.4, -0.2) is 38.9 Å². The molecule has 1 saturated heterocycles. The van der Waals surface area contributed by atoms with E-state index in [-0.39, 0.29) is 24.0 Å². The van der Waals surface area contributed by atoms with Gasteiger partial charge in [-0.25, -0.2) is 4.99 Å². The summed E-state index contributed by atoms with van der Waals surface area (Å²) in [6.45, 7) is 4.83. The van der Waals surface area contributed by atoms with Crippen molar-refractivity contribution >= 4 is 29.9 Å². The summed E-state index contributed by atoms with van der Waals surface area (Å²) in [6.07, 6.45) is 4.20. The fraction of sp³-hybridized carbons (Fsp3) is 0.727. The van der Waals surface area contributed by atoms with E-state index in [1.807, 2.05) is 7.05 Å². The third-order valence-electron chi connectivity index (χ3n) is 3.19. The SMILES string of the molecule is CC1CCCN(C(N)=NCc2cnnn2C)C1.I. The molecular weight excluding hydrogens is 343 g/mol. The number of guanidine groups is 1. The van der Waals surface area contributed by atoms with Crippen molar-refractivity contribution in [1.29, 1.82) is 0 Å². The molecule has 1 atom stereocenters. The molecule has 0 amide bonds. The second-order valence-corrected chi connectivity index (χ2v) is 4.72. The standard InChI is InChI=1S/C11H20N6.HI/c1-9-4-3-5-17(8-9)11(12)13-6-10-7-14-15-16(10)2;/h7,9H,3-6,8H2,1-2H3,(H2,12,13);1H. The first-order valence-electron chi connectivity index (χ1n) is 6.05. The van der Waals surface area contributed by atoms with Crippen molar-refractivity contribution in [2.75, 3.05) is 13.1 Å². The topological polar surface area (TPSA) is 72.3 Å². The molecule has 1 aliphatic heterocycles. The highest BCUT2D eigenvalue weighted by Crippen LogP contribution is 2.15. The average molecular weight is 364 g/mol. The zero-order valence-electron chi connectivity index (χ0n) is 10.9. The van der Waals surface area contributed by atoms with E-state index in [1.54, 1.807) is 10.9 Å². The summed E-state index contributed by atoms with van der Waals surface area (Å²) in [7, 11) is 1.86. The van der Waals surface area contributed by atoms with Crippen molar-refractivity contribution in [2.24, 2.45) is 23.7 Å².